The second kappa shape index (κ2) is 3.13. The second-order valence-corrected chi connectivity index (χ2v) is 3.47. The van der Waals surface area contributed by atoms with Crippen molar-refractivity contribution in [1.82, 2.24) is 0 Å². The summed E-state index contributed by atoms with van der Waals surface area (Å²) in [6.07, 6.45) is -5.69. The minimum absolute atomic E-state index is 0.0845. The van der Waals surface area contributed by atoms with Crippen LogP contribution in [0.25, 0.3) is 10.8 Å². The fourth-order valence-corrected chi connectivity index (χ4v) is 1.76. The molecule has 0 saturated heterocycles. The van der Waals surface area contributed by atoms with Gasteiger partial charge >= 0.3 is 0 Å². The van der Waals surface area contributed by atoms with E-state index in [2.05, 4.69) is 0 Å². The molecule has 0 aromatic heterocycles. The maximum atomic E-state index is 8.41. The first-order valence-corrected chi connectivity index (χ1v) is 4.62. The topological polar surface area (TPSA) is 0 Å². The van der Waals surface area contributed by atoms with Crippen LogP contribution in [0.15, 0.2) is 30.2 Å². The van der Waals surface area contributed by atoms with E-state index in [1.807, 2.05) is 0 Å². The molecule has 0 N–H and O–H groups in total. The largest absolute Gasteiger partial charge is 0.146 e. The van der Waals surface area contributed by atoms with Crippen LogP contribution in [0.2, 0.25) is 6.75 Å². The normalized spacial score (nSPS) is 33.8. The zero-order chi connectivity index (χ0) is 20.9. The fraction of sp³-hybridized carbons (Fsp3) is 0.286. The summed E-state index contributed by atoms with van der Waals surface area (Å²) < 4.78 is 97.4. The van der Waals surface area contributed by atoms with E-state index >= 15 is 0 Å². The van der Waals surface area contributed by atoms with Gasteiger partial charge in [0.25, 0.3) is 0 Å². The molecule has 1 heteroatoms. The summed E-state index contributed by atoms with van der Waals surface area (Å²) in [5.41, 5.74) is -0.903. The molecule has 74 valence electrons. The average Bonchev–Trinajstić information content (AvgIpc) is 2.46. The summed E-state index contributed by atoms with van der Waals surface area (Å²) in [5, 5.41) is -0.311. The van der Waals surface area contributed by atoms with Gasteiger partial charge in [-0.1, -0.05) is 37.0 Å². The Kier molecular flexibility index (Phi) is 0.607. The molecule has 2 aromatic rings. The third kappa shape index (κ3) is 1.30. The molecule has 1 aliphatic rings. The maximum Gasteiger partial charge on any atom is 0.146 e. The van der Waals surface area contributed by atoms with E-state index in [1.165, 1.54) is 6.92 Å². The number of benzene rings is 2. The molecule has 0 spiro atoms. The van der Waals surface area contributed by atoms with Crippen LogP contribution in [0.4, 0.5) is 0 Å². The third-order valence-corrected chi connectivity index (χ3v) is 2.45. The first kappa shape index (κ1) is 2.91. The molecule has 0 fully saturated rings. The number of aryl methyl sites for hydroxylation is 1. The molecule has 0 unspecified atom stereocenters. The van der Waals surface area contributed by atoms with Gasteiger partial charge in [0.05, 0.1) is 6.85 Å². The average molecular weight is 206 g/mol. The van der Waals surface area contributed by atoms with E-state index < -0.39 is 67.3 Å². The SMILES string of the molecule is [2H]c1c([2H])c2c3c(c([2H])c([2H])c(C)c3c1[2H])C([2H])([2H])B(C([2H])([2H])[2H])C2([2H])[2H]. The van der Waals surface area contributed by atoms with Crippen molar-refractivity contribution in [3.63, 3.8) is 0 Å². The van der Waals surface area contributed by atoms with Crippen molar-refractivity contribution in [2.45, 2.75) is 26.2 Å². The molecule has 0 radical (unpaired) electrons. The van der Waals surface area contributed by atoms with Gasteiger partial charge in [-0.15, -0.1) is 0 Å². The van der Waals surface area contributed by atoms with Gasteiger partial charge in [-0.3, -0.25) is 0 Å². The Morgan fingerprint density at radius 2 is 2.07 bits per heavy atom. The fourth-order valence-electron chi connectivity index (χ4n) is 1.76. The summed E-state index contributed by atoms with van der Waals surface area (Å²) >= 11 is 0. The molecule has 0 atom stereocenters. The smallest absolute Gasteiger partial charge is 0.0855 e. The number of rotatable bonds is 0. The second-order valence-electron chi connectivity index (χ2n) is 3.47. The van der Waals surface area contributed by atoms with E-state index in [-0.39, 0.29) is 16.3 Å². The molecule has 0 aliphatic carbocycles. The number of hydrogen-bond acceptors (Lipinski definition) is 0. The van der Waals surface area contributed by atoms with Crippen molar-refractivity contribution in [3.05, 3.63) is 46.9 Å². The van der Waals surface area contributed by atoms with Gasteiger partial charge in [0.1, 0.15) is 6.71 Å². The lowest BCUT2D eigenvalue weighted by Crippen LogP contribution is -2.21. The highest BCUT2D eigenvalue weighted by atomic mass is 14.1. The molecule has 1 heterocycles. The highest BCUT2D eigenvalue weighted by Gasteiger charge is 2.19. The maximum absolute atomic E-state index is 8.41. The zero-order valence-electron chi connectivity index (χ0n) is 20.1. The predicted octanol–water partition coefficient (Wildman–Crippen LogP) is 3.45. The van der Waals surface area contributed by atoms with Gasteiger partial charge < -0.3 is 0 Å². The van der Waals surface area contributed by atoms with Crippen molar-refractivity contribution < 1.29 is 16.4 Å². The Bertz CT molecular complexity index is 922. The van der Waals surface area contributed by atoms with Gasteiger partial charge in [0.15, 0.2) is 0 Å². The van der Waals surface area contributed by atoms with E-state index in [9.17, 15) is 0 Å². The highest BCUT2D eigenvalue weighted by Crippen LogP contribution is 2.31. The van der Waals surface area contributed by atoms with E-state index in [0.717, 1.165) is 0 Å². The Morgan fingerprint density at radius 1 is 1.27 bits per heavy atom. The van der Waals surface area contributed by atoms with Crippen LogP contribution in [0, 0.1) is 6.92 Å². The van der Waals surface area contributed by atoms with Crippen LogP contribution < -0.4 is 0 Å². The van der Waals surface area contributed by atoms with Gasteiger partial charge in [0, 0.05) is 9.60 Å². The lowest BCUT2D eigenvalue weighted by Gasteiger charge is -2.21. The van der Waals surface area contributed by atoms with Crippen molar-refractivity contribution >= 4 is 17.5 Å². The Labute approximate surface area is 108 Å². The first-order valence-electron chi connectivity index (χ1n) is 10.6. The van der Waals surface area contributed by atoms with Gasteiger partial charge in [-0.25, -0.2) is 0 Å². The van der Waals surface area contributed by atoms with Crippen molar-refractivity contribution in [2.24, 2.45) is 0 Å². The molecule has 1 aliphatic heterocycles. The molecule has 0 nitrogen and oxygen atoms in total. The summed E-state index contributed by atoms with van der Waals surface area (Å²) in [5.74, 6) is 0. The molecule has 0 amide bonds. The Hall–Kier alpha value is -1.24. The zero-order valence-corrected chi connectivity index (χ0v) is 8.08. The molecule has 15 heavy (non-hydrogen) atoms. The summed E-state index contributed by atoms with van der Waals surface area (Å²) in [6, 6.07) is -2.79. The summed E-state index contributed by atoms with van der Waals surface area (Å²) in [7, 11) is 0. The minimum atomic E-state index is -3.11. The molecule has 2 aromatic carbocycles. The van der Waals surface area contributed by atoms with Crippen molar-refractivity contribution in [1.29, 1.82) is 0 Å². The molecule has 3 rings (SSSR count). The molecular weight excluding hydrogens is 179 g/mol. The van der Waals surface area contributed by atoms with Gasteiger partial charge in [0.2, 0.25) is 0 Å². The summed E-state index contributed by atoms with van der Waals surface area (Å²) in [6.45, 7) is -3.93. The van der Waals surface area contributed by atoms with Crippen LogP contribution in [0.3, 0.4) is 0 Å². The lowest BCUT2D eigenvalue weighted by molar-refractivity contribution is 1.24. The lowest BCUT2D eigenvalue weighted by atomic mass is 9.42. The third-order valence-electron chi connectivity index (χ3n) is 2.45. The quantitative estimate of drug-likeness (QED) is 0.579. The molecule has 0 bridgehead atoms. The Balaban J connectivity index is 2.74. The van der Waals surface area contributed by atoms with Crippen LogP contribution in [-0.2, 0) is 12.5 Å². The standard InChI is InChI=1S/C14H15B/c1-10-6-7-12-9-15(2)8-11-4-3-5-13(10)14(11)12/h3-7H,8-9H2,1-2H3/i2D3,3D,4D,5D,6D,7D,8D2,9D2. The van der Waals surface area contributed by atoms with Crippen LogP contribution in [0.5, 0.6) is 0 Å². The van der Waals surface area contributed by atoms with Crippen LogP contribution >= 0.6 is 0 Å². The van der Waals surface area contributed by atoms with Crippen LogP contribution in [-0.4, -0.2) is 6.71 Å². The van der Waals surface area contributed by atoms with Crippen molar-refractivity contribution in [2.75, 3.05) is 0 Å². The van der Waals surface area contributed by atoms with Crippen LogP contribution in [0.1, 0.15) is 33.1 Å². The Morgan fingerprint density at radius 3 is 2.87 bits per heavy atom. The summed E-state index contributed by atoms with van der Waals surface area (Å²) in [4.78, 5) is 0. The predicted molar refractivity (Wildman–Crippen MR) is 67.7 cm³/mol. The first-order chi connectivity index (χ1) is 12.1. The van der Waals surface area contributed by atoms with E-state index in [1.54, 1.807) is 0 Å². The van der Waals surface area contributed by atoms with E-state index in [0.29, 0.717) is 0 Å². The minimum Gasteiger partial charge on any atom is -0.0855 e. The molecular formula is C14H15B. The van der Waals surface area contributed by atoms with E-state index in [4.69, 9.17) is 16.4 Å². The molecule has 0 saturated carbocycles. The number of hydrogen-bond donors (Lipinski definition) is 0. The highest BCUT2D eigenvalue weighted by molar-refractivity contribution is 6.57. The monoisotopic (exact) mass is 206 g/mol. The van der Waals surface area contributed by atoms with Crippen molar-refractivity contribution in [3.8, 4) is 0 Å². The van der Waals surface area contributed by atoms with Gasteiger partial charge in [-0.05, 0) is 46.9 Å². The van der Waals surface area contributed by atoms with Gasteiger partial charge in [-0.2, -0.15) is 0 Å².